The molecule has 1 aliphatic heterocycles. The predicted octanol–water partition coefficient (Wildman–Crippen LogP) is 4.64. The summed E-state index contributed by atoms with van der Waals surface area (Å²) in [5.41, 5.74) is 2.22. The molecule has 1 aliphatic rings. The topological polar surface area (TPSA) is 79.6 Å². The highest BCUT2D eigenvalue weighted by Gasteiger charge is 2.28. The van der Waals surface area contributed by atoms with Gasteiger partial charge < -0.3 is 9.80 Å². The van der Waals surface area contributed by atoms with Crippen molar-refractivity contribution in [3.8, 4) is 10.6 Å². The first-order chi connectivity index (χ1) is 14.4. The Bertz CT molecular complexity index is 1090. The van der Waals surface area contributed by atoms with Crippen LogP contribution in [0.3, 0.4) is 0 Å². The second-order valence-electron chi connectivity index (χ2n) is 6.97. The molecule has 0 aliphatic carbocycles. The molecule has 2 aromatic carbocycles. The Balaban J connectivity index is 1.48. The van der Waals surface area contributed by atoms with Crippen molar-refractivity contribution in [3.63, 3.8) is 0 Å². The molecule has 4 rings (SSSR count). The lowest BCUT2D eigenvalue weighted by Crippen LogP contribution is -2.48. The summed E-state index contributed by atoms with van der Waals surface area (Å²) in [5.74, 6) is -0.0440. The highest BCUT2D eigenvalue weighted by molar-refractivity contribution is 7.17. The van der Waals surface area contributed by atoms with E-state index in [9.17, 15) is 14.9 Å². The molecule has 1 saturated heterocycles. The highest BCUT2D eigenvalue weighted by Crippen LogP contribution is 2.32. The first-order valence-electron chi connectivity index (χ1n) is 9.45. The van der Waals surface area contributed by atoms with E-state index < -0.39 is 4.92 Å². The summed E-state index contributed by atoms with van der Waals surface area (Å²) < 4.78 is 0. The number of carbonyl (C=O) groups excluding carboxylic acids is 1. The number of hydrogen-bond acceptors (Lipinski definition) is 6. The minimum absolute atomic E-state index is 0.0203. The van der Waals surface area contributed by atoms with E-state index >= 15 is 0 Å². The fourth-order valence-corrected chi connectivity index (χ4v) is 4.71. The molecule has 1 fully saturated rings. The molecule has 2 heterocycles. The van der Waals surface area contributed by atoms with Gasteiger partial charge >= 0.3 is 0 Å². The van der Waals surface area contributed by atoms with Crippen LogP contribution >= 0.6 is 22.9 Å². The second-order valence-corrected chi connectivity index (χ2v) is 8.40. The minimum atomic E-state index is -0.426. The van der Waals surface area contributed by atoms with Gasteiger partial charge in [-0.2, -0.15) is 0 Å². The summed E-state index contributed by atoms with van der Waals surface area (Å²) in [4.78, 5) is 33.0. The lowest BCUT2D eigenvalue weighted by Gasteiger charge is -2.35. The first kappa shape index (κ1) is 20.3. The van der Waals surface area contributed by atoms with Gasteiger partial charge in [0.05, 0.1) is 10.6 Å². The van der Waals surface area contributed by atoms with Crippen LogP contribution in [0.2, 0.25) is 5.02 Å². The van der Waals surface area contributed by atoms with Crippen molar-refractivity contribution in [1.82, 2.24) is 9.88 Å². The molecule has 0 spiro atoms. The van der Waals surface area contributed by atoms with E-state index in [1.165, 1.54) is 17.4 Å². The Morgan fingerprint density at radius 3 is 2.50 bits per heavy atom. The monoisotopic (exact) mass is 442 g/mol. The van der Waals surface area contributed by atoms with E-state index in [1.807, 2.05) is 42.2 Å². The maximum atomic E-state index is 13.1. The zero-order valence-electron chi connectivity index (χ0n) is 16.2. The van der Waals surface area contributed by atoms with Crippen LogP contribution in [-0.4, -0.2) is 46.9 Å². The number of piperazine rings is 1. The number of aromatic nitrogens is 1. The molecule has 0 unspecified atom stereocenters. The molecule has 7 nitrogen and oxygen atoms in total. The predicted molar refractivity (Wildman–Crippen MR) is 119 cm³/mol. The summed E-state index contributed by atoms with van der Waals surface area (Å²) in [6.07, 6.45) is 0. The first-order valence-corrected chi connectivity index (χ1v) is 10.6. The smallest absolute Gasteiger partial charge is 0.294 e. The molecule has 0 N–H and O–H groups in total. The number of nitro groups is 1. The molecule has 0 atom stereocenters. The Morgan fingerprint density at radius 2 is 1.83 bits per heavy atom. The Labute approximate surface area is 182 Å². The van der Waals surface area contributed by atoms with Gasteiger partial charge in [-0.05, 0) is 19.1 Å². The van der Waals surface area contributed by atoms with Crippen molar-refractivity contribution in [1.29, 1.82) is 0 Å². The van der Waals surface area contributed by atoms with Gasteiger partial charge in [-0.25, -0.2) is 4.98 Å². The number of rotatable bonds is 4. The van der Waals surface area contributed by atoms with Crippen LogP contribution in [-0.2, 0) is 0 Å². The molecule has 1 aromatic heterocycles. The van der Waals surface area contributed by atoms with Crippen molar-refractivity contribution in [2.75, 3.05) is 31.1 Å². The molecular formula is C21H19ClN4O3S. The third-order valence-electron chi connectivity index (χ3n) is 5.05. The zero-order chi connectivity index (χ0) is 21.3. The average Bonchev–Trinajstić information content (AvgIpc) is 3.15. The normalized spacial score (nSPS) is 14.1. The van der Waals surface area contributed by atoms with Crippen molar-refractivity contribution in [2.45, 2.75) is 6.92 Å². The number of nitro benzene ring substituents is 1. The summed E-state index contributed by atoms with van der Waals surface area (Å²) in [6, 6.07) is 14.5. The Kier molecular flexibility index (Phi) is 5.69. The number of thiazole rings is 1. The van der Waals surface area contributed by atoms with E-state index in [0.29, 0.717) is 41.8 Å². The van der Waals surface area contributed by atoms with Crippen LogP contribution in [0.15, 0.2) is 48.5 Å². The Morgan fingerprint density at radius 1 is 1.13 bits per heavy atom. The van der Waals surface area contributed by atoms with Crippen LogP contribution in [0.5, 0.6) is 0 Å². The number of aryl methyl sites for hydroxylation is 1. The average molecular weight is 443 g/mol. The molecule has 154 valence electrons. The van der Waals surface area contributed by atoms with E-state index in [4.69, 9.17) is 11.6 Å². The van der Waals surface area contributed by atoms with Crippen molar-refractivity contribution in [3.05, 3.63) is 74.2 Å². The lowest BCUT2D eigenvalue weighted by molar-refractivity contribution is -0.384. The SMILES string of the molecule is Cc1nc(-c2ccccc2)sc1C(=O)N1CCN(c2ccc(Cl)cc2[N+](=O)[O-])CC1. The van der Waals surface area contributed by atoms with Crippen LogP contribution in [0.25, 0.3) is 10.6 Å². The van der Waals surface area contributed by atoms with E-state index in [1.54, 1.807) is 17.0 Å². The van der Waals surface area contributed by atoms with Gasteiger partial charge in [0.1, 0.15) is 15.6 Å². The number of benzene rings is 2. The maximum Gasteiger partial charge on any atom is 0.294 e. The number of anilines is 1. The second kappa shape index (κ2) is 8.41. The summed E-state index contributed by atoms with van der Waals surface area (Å²) in [6.45, 7) is 3.84. The molecule has 30 heavy (non-hydrogen) atoms. The van der Waals surface area contributed by atoms with Crippen LogP contribution in [0, 0.1) is 17.0 Å². The van der Waals surface area contributed by atoms with E-state index in [-0.39, 0.29) is 11.6 Å². The Hall–Kier alpha value is -2.97. The van der Waals surface area contributed by atoms with Gasteiger partial charge in [0.15, 0.2) is 0 Å². The van der Waals surface area contributed by atoms with Crippen molar-refractivity contribution in [2.24, 2.45) is 0 Å². The van der Waals surface area contributed by atoms with Gasteiger partial charge in [0.2, 0.25) is 0 Å². The fourth-order valence-electron chi connectivity index (χ4n) is 3.50. The maximum absolute atomic E-state index is 13.1. The molecule has 0 radical (unpaired) electrons. The van der Waals surface area contributed by atoms with Crippen molar-refractivity contribution < 1.29 is 9.72 Å². The molecule has 1 amide bonds. The number of hydrogen-bond donors (Lipinski definition) is 0. The molecule has 9 heteroatoms. The standard InChI is InChI=1S/C21H19ClN4O3S/c1-14-19(30-20(23-14)15-5-3-2-4-6-15)21(27)25-11-9-24(10-12-25)17-8-7-16(22)13-18(17)26(28)29/h2-8,13H,9-12H2,1H3. The molecule has 0 saturated carbocycles. The van der Waals surface area contributed by atoms with Crippen LogP contribution < -0.4 is 4.90 Å². The quantitative estimate of drug-likeness (QED) is 0.434. The number of nitrogens with zero attached hydrogens (tertiary/aromatic N) is 4. The molecular weight excluding hydrogens is 424 g/mol. The lowest BCUT2D eigenvalue weighted by atomic mass is 10.2. The van der Waals surface area contributed by atoms with Gasteiger partial charge in [-0.1, -0.05) is 41.9 Å². The highest BCUT2D eigenvalue weighted by atomic mass is 35.5. The fraction of sp³-hybridized carbons (Fsp3) is 0.238. The minimum Gasteiger partial charge on any atom is -0.362 e. The summed E-state index contributed by atoms with van der Waals surface area (Å²) in [7, 11) is 0. The van der Waals surface area contributed by atoms with Gasteiger partial charge in [-0.15, -0.1) is 11.3 Å². The summed E-state index contributed by atoms with van der Waals surface area (Å²) >= 11 is 7.31. The number of amides is 1. The van der Waals surface area contributed by atoms with Gasteiger partial charge in [0, 0.05) is 42.8 Å². The number of carbonyl (C=O) groups is 1. The van der Waals surface area contributed by atoms with Gasteiger partial charge in [0.25, 0.3) is 11.6 Å². The number of halogens is 1. The van der Waals surface area contributed by atoms with Crippen molar-refractivity contribution >= 4 is 40.2 Å². The zero-order valence-corrected chi connectivity index (χ0v) is 17.8. The third-order valence-corrected chi connectivity index (χ3v) is 6.48. The molecule has 3 aromatic rings. The largest absolute Gasteiger partial charge is 0.362 e. The summed E-state index contributed by atoms with van der Waals surface area (Å²) in [5, 5.41) is 12.5. The third kappa shape index (κ3) is 4.01. The van der Waals surface area contributed by atoms with Crippen LogP contribution in [0.4, 0.5) is 11.4 Å². The van der Waals surface area contributed by atoms with E-state index in [2.05, 4.69) is 4.98 Å². The molecule has 0 bridgehead atoms. The van der Waals surface area contributed by atoms with Gasteiger partial charge in [-0.3, -0.25) is 14.9 Å². The van der Waals surface area contributed by atoms with E-state index in [0.717, 1.165) is 16.3 Å². The van der Waals surface area contributed by atoms with Crippen LogP contribution in [0.1, 0.15) is 15.4 Å².